The molecule has 0 saturated carbocycles. The van der Waals surface area contributed by atoms with Crippen molar-refractivity contribution in [2.45, 2.75) is 5.37 Å². The lowest BCUT2D eigenvalue weighted by atomic mass is 10.1. The quantitative estimate of drug-likeness (QED) is 0.929. The molecular formula is C14H12FN3O2S2. The van der Waals surface area contributed by atoms with Crippen LogP contribution in [-0.4, -0.2) is 39.4 Å². The zero-order chi connectivity index (χ0) is 15.7. The van der Waals surface area contributed by atoms with Crippen LogP contribution in [-0.2, 0) is 4.79 Å². The largest absolute Gasteiger partial charge is 0.367 e. The molecule has 0 bridgehead atoms. The number of carbonyl (C=O) groups excluding carboxylic acids is 2. The summed E-state index contributed by atoms with van der Waals surface area (Å²) in [6, 6.07) is 5.87. The van der Waals surface area contributed by atoms with Crippen LogP contribution < -0.4 is 5.73 Å². The Kier molecular flexibility index (Phi) is 4.12. The number of hydrogen-bond acceptors (Lipinski definition) is 5. The second-order valence-electron chi connectivity index (χ2n) is 4.66. The van der Waals surface area contributed by atoms with E-state index in [0.717, 1.165) is 5.56 Å². The summed E-state index contributed by atoms with van der Waals surface area (Å²) >= 11 is 2.65. The van der Waals surface area contributed by atoms with Crippen molar-refractivity contribution in [1.82, 2.24) is 9.88 Å². The fourth-order valence-electron chi connectivity index (χ4n) is 2.25. The van der Waals surface area contributed by atoms with Crippen molar-refractivity contribution >= 4 is 34.9 Å². The highest BCUT2D eigenvalue weighted by molar-refractivity contribution is 8.00. The summed E-state index contributed by atoms with van der Waals surface area (Å²) in [5.41, 5.74) is 7.88. The van der Waals surface area contributed by atoms with Crippen molar-refractivity contribution < 1.29 is 14.0 Å². The van der Waals surface area contributed by atoms with Crippen molar-refractivity contribution in [3.63, 3.8) is 0 Å². The molecule has 2 aromatic rings. The Labute approximate surface area is 134 Å². The molecule has 114 valence electrons. The summed E-state index contributed by atoms with van der Waals surface area (Å²) in [6.45, 7) is 0.456. The lowest BCUT2D eigenvalue weighted by molar-refractivity contribution is -0.119. The molecule has 1 aliphatic heterocycles. The van der Waals surface area contributed by atoms with Crippen LogP contribution in [0.2, 0.25) is 0 Å². The van der Waals surface area contributed by atoms with E-state index in [-0.39, 0.29) is 17.4 Å². The summed E-state index contributed by atoms with van der Waals surface area (Å²) in [4.78, 5) is 30.3. The Morgan fingerprint density at radius 3 is 2.73 bits per heavy atom. The first-order valence-corrected chi connectivity index (χ1v) is 8.42. The lowest BCUT2D eigenvalue weighted by Gasteiger charge is -2.20. The molecule has 2 N–H and O–H groups in total. The smallest absolute Gasteiger partial charge is 0.275 e. The average Bonchev–Trinajstić information content (AvgIpc) is 3.16. The molecule has 1 aromatic carbocycles. The number of thioether (sulfide) groups is 1. The van der Waals surface area contributed by atoms with Gasteiger partial charge in [-0.1, -0.05) is 12.1 Å². The number of rotatable bonds is 3. The standard InChI is InChI=1S/C14H12FN3O2S2/c15-9-3-1-8(2-4-9)11-10(17-7-22-11)13(20)18-5-6-21-14(18)12(16)19/h1-4,7,14H,5-6H2,(H2,16,19). The third kappa shape index (κ3) is 2.71. The van der Waals surface area contributed by atoms with Gasteiger partial charge in [-0.2, -0.15) is 0 Å². The van der Waals surface area contributed by atoms with Gasteiger partial charge in [0.15, 0.2) is 5.37 Å². The van der Waals surface area contributed by atoms with Gasteiger partial charge in [-0.3, -0.25) is 9.59 Å². The molecule has 1 aromatic heterocycles. The first kappa shape index (κ1) is 15.0. The summed E-state index contributed by atoms with van der Waals surface area (Å²) < 4.78 is 13.0. The molecule has 0 aliphatic carbocycles. The van der Waals surface area contributed by atoms with Crippen LogP contribution in [0.15, 0.2) is 29.8 Å². The third-order valence-corrected chi connectivity index (χ3v) is 5.37. The predicted octanol–water partition coefficient (Wildman–Crippen LogP) is 1.95. The van der Waals surface area contributed by atoms with Gasteiger partial charge in [0.05, 0.1) is 10.4 Å². The minimum absolute atomic E-state index is 0.269. The highest BCUT2D eigenvalue weighted by Gasteiger charge is 2.35. The summed E-state index contributed by atoms with van der Waals surface area (Å²) in [7, 11) is 0. The molecule has 3 rings (SSSR count). The Balaban J connectivity index is 1.93. The van der Waals surface area contributed by atoms with Crippen molar-refractivity contribution in [3.05, 3.63) is 41.3 Å². The number of hydrogen-bond donors (Lipinski definition) is 1. The first-order chi connectivity index (χ1) is 10.6. The number of amides is 2. The van der Waals surface area contributed by atoms with Crippen LogP contribution in [0.1, 0.15) is 10.5 Å². The Morgan fingerprint density at radius 1 is 1.32 bits per heavy atom. The van der Waals surface area contributed by atoms with Crippen LogP contribution in [0.5, 0.6) is 0 Å². The van der Waals surface area contributed by atoms with Gasteiger partial charge >= 0.3 is 0 Å². The minimum Gasteiger partial charge on any atom is -0.367 e. The van der Waals surface area contributed by atoms with Crippen LogP contribution in [0.3, 0.4) is 0 Å². The van der Waals surface area contributed by atoms with Crippen molar-refractivity contribution in [3.8, 4) is 10.4 Å². The number of halogens is 1. The molecular weight excluding hydrogens is 325 g/mol. The van der Waals surface area contributed by atoms with Gasteiger partial charge in [0.1, 0.15) is 11.5 Å². The van der Waals surface area contributed by atoms with Gasteiger partial charge in [0.2, 0.25) is 0 Å². The number of thiazole rings is 1. The number of primary amides is 1. The Morgan fingerprint density at radius 2 is 2.05 bits per heavy atom. The number of nitrogens with two attached hydrogens (primary N) is 1. The minimum atomic E-state index is -0.657. The Hall–Kier alpha value is -1.93. The van der Waals surface area contributed by atoms with Gasteiger partial charge in [0, 0.05) is 12.3 Å². The lowest BCUT2D eigenvalue weighted by Crippen LogP contribution is -2.42. The van der Waals surface area contributed by atoms with Crippen molar-refractivity contribution in [2.75, 3.05) is 12.3 Å². The van der Waals surface area contributed by atoms with Crippen molar-refractivity contribution in [2.24, 2.45) is 5.73 Å². The monoisotopic (exact) mass is 337 g/mol. The molecule has 1 fully saturated rings. The third-order valence-electron chi connectivity index (χ3n) is 3.27. The second kappa shape index (κ2) is 6.05. The molecule has 22 heavy (non-hydrogen) atoms. The fourth-order valence-corrected chi connectivity index (χ4v) is 4.11. The number of nitrogens with zero attached hydrogens (tertiary/aromatic N) is 2. The summed E-state index contributed by atoms with van der Waals surface area (Å²) in [5, 5.41) is -0.657. The number of benzene rings is 1. The molecule has 0 spiro atoms. The van der Waals surface area contributed by atoms with E-state index in [4.69, 9.17) is 5.73 Å². The molecule has 2 heterocycles. The Bertz CT molecular complexity index is 717. The van der Waals surface area contributed by atoms with E-state index < -0.39 is 11.3 Å². The van der Waals surface area contributed by atoms with E-state index in [1.165, 1.54) is 40.1 Å². The maximum absolute atomic E-state index is 13.0. The van der Waals surface area contributed by atoms with Crippen LogP contribution in [0, 0.1) is 5.82 Å². The van der Waals surface area contributed by atoms with E-state index in [2.05, 4.69) is 4.98 Å². The molecule has 5 nitrogen and oxygen atoms in total. The van der Waals surface area contributed by atoms with Crippen LogP contribution in [0.25, 0.3) is 10.4 Å². The zero-order valence-corrected chi connectivity index (χ0v) is 13.0. The first-order valence-electron chi connectivity index (χ1n) is 6.49. The maximum atomic E-state index is 13.0. The molecule has 1 saturated heterocycles. The van der Waals surface area contributed by atoms with Crippen LogP contribution >= 0.6 is 23.1 Å². The summed E-state index contributed by atoms with van der Waals surface area (Å²) in [6.07, 6.45) is 0. The molecule has 1 aliphatic rings. The van der Waals surface area contributed by atoms with E-state index in [0.29, 0.717) is 17.2 Å². The molecule has 1 atom stereocenters. The summed E-state index contributed by atoms with van der Waals surface area (Å²) in [5.74, 6) is -0.537. The topological polar surface area (TPSA) is 76.3 Å². The predicted molar refractivity (Wildman–Crippen MR) is 84.0 cm³/mol. The van der Waals surface area contributed by atoms with Gasteiger partial charge in [-0.05, 0) is 17.7 Å². The second-order valence-corrected chi connectivity index (χ2v) is 6.70. The zero-order valence-electron chi connectivity index (χ0n) is 11.4. The van der Waals surface area contributed by atoms with E-state index in [1.54, 1.807) is 17.6 Å². The highest BCUT2D eigenvalue weighted by atomic mass is 32.2. The van der Waals surface area contributed by atoms with Gasteiger partial charge in [0.25, 0.3) is 11.8 Å². The molecule has 2 amide bonds. The van der Waals surface area contributed by atoms with E-state index >= 15 is 0 Å². The van der Waals surface area contributed by atoms with Crippen molar-refractivity contribution in [1.29, 1.82) is 0 Å². The molecule has 1 unspecified atom stereocenters. The van der Waals surface area contributed by atoms with Crippen LogP contribution in [0.4, 0.5) is 4.39 Å². The molecule has 8 heteroatoms. The van der Waals surface area contributed by atoms with E-state index in [9.17, 15) is 14.0 Å². The fraction of sp³-hybridized carbons (Fsp3) is 0.214. The SMILES string of the molecule is NC(=O)C1SCCN1C(=O)c1ncsc1-c1ccc(F)cc1. The maximum Gasteiger partial charge on any atom is 0.275 e. The highest BCUT2D eigenvalue weighted by Crippen LogP contribution is 2.31. The van der Waals surface area contributed by atoms with Gasteiger partial charge in [-0.15, -0.1) is 23.1 Å². The number of aromatic nitrogens is 1. The van der Waals surface area contributed by atoms with Gasteiger partial charge < -0.3 is 10.6 Å². The average molecular weight is 337 g/mol. The van der Waals surface area contributed by atoms with E-state index in [1.807, 2.05) is 0 Å². The normalized spacial score (nSPS) is 17.7. The van der Waals surface area contributed by atoms with Gasteiger partial charge in [-0.25, -0.2) is 9.37 Å². The molecule has 0 radical (unpaired) electrons. The number of carbonyl (C=O) groups is 2.